The number of ether oxygens (including phenoxy) is 1. The van der Waals surface area contributed by atoms with Crippen LogP contribution < -0.4 is 15.4 Å². The maximum atomic E-state index is 13.0. The first kappa shape index (κ1) is 21.0. The van der Waals surface area contributed by atoms with Crippen molar-refractivity contribution in [2.24, 2.45) is 0 Å². The van der Waals surface area contributed by atoms with Gasteiger partial charge >= 0.3 is 6.18 Å². The van der Waals surface area contributed by atoms with Gasteiger partial charge in [0, 0.05) is 19.6 Å². The minimum absolute atomic E-state index is 0.0107. The van der Waals surface area contributed by atoms with Gasteiger partial charge in [0.05, 0.1) is 30.0 Å². The van der Waals surface area contributed by atoms with Crippen LogP contribution in [0.2, 0.25) is 0 Å². The molecule has 0 radical (unpaired) electrons. The average molecular weight is 434 g/mol. The molecule has 2 aliphatic rings. The molecule has 1 saturated heterocycles. The summed E-state index contributed by atoms with van der Waals surface area (Å²) >= 11 is 0. The van der Waals surface area contributed by atoms with Gasteiger partial charge in [-0.15, -0.1) is 0 Å². The lowest BCUT2D eigenvalue weighted by Gasteiger charge is -2.31. The summed E-state index contributed by atoms with van der Waals surface area (Å²) in [5.74, 6) is 0.0776. The third-order valence-electron chi connectivity index (χ3n) is 5.18. The minimum Gasteiger partial charge on any atom is -0.453 e. The van der Waals surface area contributed by atoms with E-state index in [4.69, 9.17) is 4.74 Å². The van der Waals surface area contributed by atoms with E-state index in [0.29, 0.717) is 42.3 Å². The van der Waals surface area contributed by atoms with E-state index in [1.54, 1.807) is 18.2 Å². The zero-order valence-electron chi connectivity index (χ0n) is 16.8. The summed E-state index contributed by atoms with van der Waals surface area (Å²) in [6.07, 6.45) is -4.46. The highest BCUT2D eigenvalue weighted by molar-refractivity contribution is 5.86. The third-order valence-corrected chi connectivity index (χ3v) is 5.18. The molecular formula is C21H21F3N4O3. The summed E-state index contributed by atoms with van der Waals surface area (Å²) in [7, 11) is 1.85. The lowest BCUT2D eigenvalue weighted by Crippen LogP contribution is -2.51. The fraction of sp³-hybridized carbons (Fsp3) is 0.333. The topological polar surface area (TPSA) is 73.9 Å². The molecule has 2 aromatic carbocycles. The molecule has 164 valence electrons. The number of carbonyl (C=O) groups excluding carboxylic acids is 2. The molecule has 0 atom stereocenters. The molecule has 0 aliphatic carbocycles. The van der Waals surface area contributed by atoms with Crippen molar-refractivity contribution < 1.29 is 27.5 Å². The molecule has 0 aromatic heterocycles. The minimum atomic E-state index is -4.46. The number of rotatable bonds is 4. The SMILES string of the molecule is CN1CCN(CC(=O)NCc2ccc3c(c2)Oc2cc(C(F)(F)F)ccc2N3)C(=O)C1. The van der Waals surface area contributed by atoms with Crippen LogP contribution in [-0.4, -0.2) is 54.8 Å². The highest BCUT2D eigenvalue weighted by atomic mass is 19.4. The second-order valence-electron chi connectivity index (χ2n) is 7.60. The Bertz CT molecular complexity index is 1030. The molecule has 7 nitrogen and oxygen atoms in total. The Labute approximate surface area is 176 Å². The zero-order chi connectivity index (χ0) is 22.2. The van der Waals surface area contributed by atoms with Crippen molar-refractivity contribution in [2.75, 3.05) is 38.5 Å². The van der Waals surface area contributed by atoms with E-state index in [9.17, 15) is 22.8 Å². The number of carbonyl (C=O) groups is 2. The van der Waals surface area contributed by atoms with Gasteiger partial charge in [-0.25, -0.2) is 0 Å². The van der Waals surface area contributed by atoms with E-state index in [1.807, 2.05) is 11.9 Å². The van der Waals surface area contributed by atoms with E-state index >= 15 is 0 Å². The van der Waals surface area contributed by atoms with Gasteiger partial charge in [-0.2, -0.15) is 13.2 Å². The molecule has 2 N–H and O–H groups in total. The Morgan fingerprint density at radius 3 is 2.55 bits per heavy atom. The second kappa shape index (κ2) is 8.10. The van der Waals surface area contributed by atoms with Crippen LogP contribution in [0.3, 0.4) is 0 Å². The summed E-state index contributed by atoms with van der Waals surface area (Å²) in [5.41, 5.74) is 0.983. The van der Waals surface area contributed by atoms with E-state index in [-0.39, 0.29) is 30.7 Å². The Kier molecular flexibility index (Phi) is 5.48. The Balaban J connectivity index is 1.38. The van der Waals surface area contributed by atoms with Crippen LogP contribution in [0.4, 0.5) is 24.5 Å². The molecule has 2 aliphatic heterocycles. The lowest BCUT2D eigenvalue weighted by molar-refractivity contribution is -0.139. The van der Waals surface area contributed by atoms with Crippen LogP contribution in [0.15, 0.2) is 36.4 Å². The Morgan fingerprint density at radius 2 is 1.84 bits per heavy atom. The van der Waals surface area contributed by atoms with Crippen molar-refractivity contribution in [3.8, 4) is 11.5 Å². The smallest absolute Gasteiger partial charge is 0.416 e. The first-order valence-electron chi connectivity index (χ1n) is 9.71. The molecule has 0 unspecified atom stereocenters. The number of nitrogens with one attached hydrogen (secondary N) is 2. The number of benzene rings is 2. The van der Waals surface area contributed by atoms with Gasteiger partial charge in [-0.1, -0.05) is 6.07 Å². The van der Waals surface area contributed by atoms with Crippen LogP contribution >= 0.6 is 0 Å². The number of alkyl halides is 3. The molecular weight excluding hydrogens is 413 g/mol. The standard InChI is InChI=1S/C21H21F3N4O3/c1-27-6-7-28(20(30)12-27)11-19(29)25-10-13-2-4-15-17(8-13)31-18-9-14(21(22,23)24)3-5-16(18)26-15/h2-5,8-9,26H,6-7,10-12H2,1H3,(H,25,29). The number of hydrogen-bond acceptors (Lipinski definition) is 5. The fourth-order valence-corrected chi connectivity index (χ4v) is 3.44. The summed E-state index contributed by atoms with van der Waals surface area (Å²) in [4.78, 5) is 27.6. The molecule has 2 aromatic rings. The van der Waals surface area contributed by atoms with E-state index in [2.05, 4.69) is 10.6 Å². The fourth-order valence-electron chi connectivity index (χ4n) is 3.44. The number of hydrogen-bond donors (Lipinski definition) is 2. The largest absolute Gasteiger partial charge is 0.453 e. The summed E-state index contributed by atoms with van der Waals surface area (Å²) < 4.78 is 44.6. The second-order valence-corrected chi connectivity index (χ2v) is 7.60. The first-order chi connectivity index (χ1) is 14.7. The lowest BCUT2D eigenvalue weighted by atomic mass is 10.1. The molecule has 10 heteroatoms. The van der Waals surface area contributed by atoms with Gasteiger partial charge in [0.2, 0.25) is 11.8 Å². The molecule has 31 heavy (non-hydrogen) atoms. The van der Waals surface area contributed by atoms with Crippen molar-refractivity contribution >= 4 is 23.2 Å². The quantitative estimate of drug-likeness (QED) is 0.661. The van der Waals surface area contributed by atoms with Crippen LogP contribution in [0.5, 0.6) is 11.5 Å². The Hall–Kier alpha value is -3.27. The predicted molar refractivity (Wildman–Crippen MR) is 107 cm³/mol. The maximum absolute atomic E-state index is 13.0. The van der Waals surface area contributed by atoms with Crippen molar-refractivity contribution in [2.45, 2.75) is 12.7 Å². The van der Waals surface area contributed by atoms with Crippen LogP contribution in [-0.2, 0) is 22.3 Å². The van der Waals surface area contributed by atoms with Gasteiger partial charge in [0.15, 0.2) is 11.5 Å². The molecule has 0 bridgehead atoms. The molecule has 4 rings (SSSR count). The van der Waals surface area contributed by atoms with Crippen molar-refractivity contribution in [3.63, 3.8) is 0 Å². The highest BCUT2D eigenvalue weighted by Gasteiger charge is 2.32. The Morgan fingerprint density at radius 1 is 1.13 bits per heavy atom. The van der Waals surface area contributed by atoms with Crippen LogP contribution in [0.25, 0.3) is 0 Å². The maximum Gasteiger partial charge on any atom is 0.416 e. The normalized spacial score (nSPS) is 16.1. The summed E-state index contributed by atoms with van der Waals surface area (Å²) in [6, 6.07) is 8.46. The van der Waals surface area contributed by atoms with Crippen molar-refractivity contribution in [3.05, 3.63) is 47.5 Å². The number of likely N-dealkylation sites (N-methyl/N-ethyl adjacent to an activating group) is 1. The average Bonchev–Trinajstić information content (AvgIpc) is 2.71. The monoisotopic (exact) mass is 434 g/mol. The first-order valence-corrected chi connectivity index (χ1v) is 9.71. The van der Waals surface area contributed by atoms with Crippen molar-refractivity contribution in [1.29, 1.82) is 0 Å². The predicted octanol–water partition coefficient (Wildman–Crippen LogP) is 2.94. The number of piperazine rings is 1. The number of amides is 2. The zero-order valence-corrected chi connectivity index (χ0v) is 16.8. The third kappa shape index (κ3) is 4.74. The van der Waals surface area contributed by atoms with Gasteiger partial charge in [0.25, 0.3) is 0 Å². The van der Waals surface area contributed by atoms with E-state index < -0.39 is 11.7 Å². The number of halogens is 3. The van der Waals surface area contributed by atoms with E-state index in [1.165, 1.54) is 11.0 Å². The molecule has 0 saturated carbocycles. The van der Waals surface area contributed by atoms with Gasteiger partial charge < -0.3 is 20.3 Å². The molecule has 1 fully saturated rings. The number of fused-ring (bicyclic) bond motifs is 2. The van der Waals surface area contributed by atoms with Gasteiger partial charge in [-0.3, -0.25) is 14.5 Å². The highest BCUT2D eigenvalue weighted by Crippen LogP contribution is 2.44. The number of anilines is 2. The molecule has 0 spiro atoms. The molecule has 2 amide bonds. The molecule has 2 heterocycles. The van der Waals surface area contributed by atoms with Gasteiger partial charge in [0.1, 0.15) is 0 Å². The van der Waals surface area contributed by atoms with Crippen molar-refractivity contribution in [1.82, 2.24) is 15.1 Å². The summed E-state index contributed by atoms with van der Waals surface area (Å²) in [5, 5.41) is 5.81. The summed E-state index contributed by atoms with van der Waals surface area (Å²) in [6.45, 7) is 1.70. The van der Waals surface area contributed by atoms with Crippen LogP contribution in [0, 0.1) is 0 Å². The number of nitrogens with zero attached hydrogens (tertiary/aromatic N) is 2. The van der Waals surface area contributed by atoms with Gasteiger partial charge in [-0.05, 0) is 42.9 Å². The van der Waals surface area contributed by atoms with Crippen LogP contribution in [0.1, 0.15) is 11.1 Å². The van der Waals surface area contributed by atoms with E-state index in [0.717, 1.165) is 12.1 Å².